The second kappa shape index (κ2) is 6.51. The average Bonchev–Trinajstić information content (AvgIpc) is 3.34. The first-order valence-electron chi connectivity index (χ1n) is 8.39. The number of amides is 2. The summed E-state index contributed by atoms with van der Waals surface area (Å²) in [6.07, 6.45) is 5.86. The topological polar surface area (TPSA) is 80.4 Å². The summed E-state index contributed by atoms with van der Waals surface area (Å²) in [5.41, 5.74) is 2.44. The van der Waals surface area contributed by atoms with Crippen LogP contribution in [0, 0.1) is 0 Å². The van der Waals surface area contributed by atoms with Crippen molar-refractivity contribution in [2.45, 2.75) is 19.4 Å². The first kappa shape index (κ1) is 16.1. The molecule has 2 amide bonds. The zero-order valence-electron chi connectivity index (χ0n) is 14.3. The van der Waals surface area contributed by atoms with Gasteiger partial charge in [0.05, 0.1) is 12.3 Å². The van der Waals surface area contributed by atoms with E-state index in [1.54, 1.807) is 36.2 Å². The van der Waals surface area contributed by atoms with Gasteiger partial charge in [0.1, 0.15) is 0 Å². The molecule has 2 aromatic heterocycles. The van der Waals surface area contributed by atoms with E-state index in [9.17, 15) is 9.59 Å². The molecule has 1 aliphatic heterocycles. The quantitative estimate of drug-likeness (QED) is 0.787. The summed E-state index contributed by atoms with van der Waals surface area (Å²) >= 11 is 0. The molecule has 3 aromatic rings. The molecule has 0 fully saturated rings. The zero-order valence-corrected chi connectivity index (χ0v) is 14.3. The normalized spacial score (nSPS) is 16.2. The molecule has 1 unspecified atom stereocenters. The number of furan rings is 1. The number of hydrogen-bond acceptors (Lipinski definition) is 4. The molecular formula is C19H18N4O3. The van der Waals surface area contributed by atoms with Gasteiger partial charge in [-0.1, -0.05) is 0 Å². The molecular weight excluding hydrogens is 332 g/mol. The van der Waals surface area contributed by atoms with Gasteiger partial charge in [0, 0.05) is 42.8 Å². The van der Waals surface area contributed by atoms with Crippen molar-refractivity contribution in [1.29, 1.82) is 0 Å². The molecule has 7 nitrogen and oxygen atoms in total. The number of nitrogens with one attached hydrogen (secondary N) is 1. The lowest BCUT2D eigenvalue weighted by molar-refractivity contribution is -0.116. The number of nitrogens with zero attached hydrogens (tertiary/aromatic N) is 3. The smallest absolute Gasteiger partial charge is 0.291 e. The molecule has 0 bridgehead atoms. The van der Waals surface area contributed by atoms with E-state index < -0.39 is 0 Å². The van der Waals surface area contributed by atoms with E-state index in [4.69, 9.17) is 4.42 Å². The van der Waals surface area contributed by atoms with Gasteiger partial charge >= 0.3 is 0 Å². The van der Waals surface area contributed by atoms with E-state index in [1.165, 1.54) is 6.26 Å². The molecule has 26 heavy (non-hydrogen) atoms. The van der Waals surface area contributed by atoms with Gasteiger partial charge in [-0.05, 0) is 42.8 Å². The molecule has 7 heteroatoms. The summed E-state index contributed by atoms with van der Waals surface area (Å²) < 4.78 is 7.01. The number of aromatic nitrogens is 2. The van der Waals surface area contributed by atoms with Crippen molar-refractivity contribution >= 4 is 23.2 Å². The Hall–Kier alpha value is -3.35. The predicted octanol–water partition coefficient (Wildman–Crippen LogP) is 3.07. The van der Waals surface area contributed by atoms with Crippen molar-refractivity contribution in [3.8, 4) is 0 Å². The van der Waals surface area contributed by atoms with E-state index in [1.807, 2.05) is 29.1 Å². The Labute approximate surface area is 150 Å². The molecule has 0 saturated heterocycles. The number of carbonyl (C=O) groups is 2. The maximum Gasteiger partial charge on any atom is 0.291 e. The monoisotopic (exact) mass is 350 g/mol. The average molecular weight is 350 g/mol. The van der Waals surface area contributed by atoms with Gasteiger partial charge in [-0.3, -0.25) is 14.3 Å². The van der Waals surface area contributed by atoms with E-state index in [-0.39, 0.29) is 23.6 Å². The Bertz CT molecular complexity index is 932. The van der Waals surface area contributed by atoms with Crippen molar-refractivity contribution in [3.05, 3.63) is 66.4 Å². The van der Waals surface area contributed by atoms with Gasteiger partial charge in [0.15, 0.2) is 5.76 Å². The molecule has 1 aromatic carbocycles. The minimum atomic E-state index is -0.315. The minimum absolute atomic E-state index is 0.00228. The second-order valence-electron chi connectivity index (χ2n) is 6.17. The summed E-state index contributed by atoms with van der Waals surface area (Å²) in [6.45, 7) is 2.19. The first-order chi connectivity index (χ1) is 12.6. The van der Waals surface area contributed by atoms with Crippen LogP contribution in [0.25, 0.3) is 0 Å². The maximum atomic E-state index is 12.2. The van der Waals surface area contributed by atoms with Crippen LogP contribution in [0.2, 0.25) is 0 Å². The number of fused-ring (bicyclic) bond motifs is 1. The van der Waals surface area contributed by atoms with E-state index >= 15 is 0 Å². The Balaban J connectivity index is 1.70. The van der Waals surface area contributed by atoms with Crippen LogP contribution in [0.1, 0.15) is 35.5 Å². The van der Waals surface area contributed by atoms with Crippen LogP contribution in [0.5, 0.6) is 0 Å². The second-order valence-corrected chi connectivity index (χ2v) is 6.17. The third kappa shape index (κ3) is 2.88. The molecule has 132 valence electrons. The molecule has 1 atom stereocenters. The fourth-order valence-electron chi connectivity index (χ4n) is 3.34. The van der Waals surface area contributed by atoms with Crippen molar-refractivity contribution in [2.24, 2.45) is 0 Å². The molecule has 0 saturated carbocycles. The van der Waals surface area contributed by atoms with Crippen LogP contribution < -0.4 is 10.2 Å². The summed E-state index contributed by atoms with van der Waals surface area (Å²) in [5.74, 6) is -0.0703. The number of carbonyl (C=O) groups excluding carboxylic acids is 2. The third-order valence-corrected chi connectivity index (χ3v) is 4.53. The highest BCUT2D eigenvalue weighted by atomic mass is 16.3. The number of hydrogen-bond donors (Lipinski definition) is 1. The summed E-state index contributed by atoms with van der Waals surface area (Å²) in [5, 5.41) is 7.19. The van der Waals surface area contributed by atoms with Crippen molar-refractivity contribution in [2.75, 3.05) is 16.8 Å². The Morgan fingerprint density at radius 1 is 1.27 bits per heavy atom. The Kier molecular flexibility index (Phi) is 4.04. The predicted molar refractivity (Wildman–Crippen MR) is 96.1 cm³/mol. The van der Waals surface area contributed by atoms with Crippen molar-refractivity contribution < 1.29 is 14.0 Å². The van der Waals surface area contributed by atoms with Crippen LogP contribution >= 0.6 is 0 Å². The number of rotatable bonds is 3. The summed E-state index contributed by atoms with van der Waals surface area (Å²) in [6, 6.07) is 10.7. The molecule has 1 N–H and O–H groups in total. The van der Waals surface area contributed by atoms with Crippen molar-refractivity contribution in [1.82, 2.24) is 9.78 Å². The molecule has 0 radical (unpaired) electrons. The molecule has 4 rings (SSSR count). The molecule has 0 aliphatic carbocycles. The van der Waals surface area contributed by atoms with E-state index in [2.05, 4.69) is 10.4 Å². The maximum absolute atomic E-state index is 12.2. The van der Waals surface area contributed by atoms with Gasteiger partial charge in [-0.15, -0.1) is 0 Å². The van der Waals surface area contributed by atoms with Crippen LogP contribution in [0.3, 0.4) is 0 Å². The van der Waals surface area contributed by atoms with Crippen LogP contribution in [-0.2, 0) is 4.79 Å². The van der Waals surface area contributed by atoms with Crippen LogP contribution in [0.15, 0.2) is 59.5 Å². The molecule has 3 heterocycles. The fraction of sp³-hybridized carbons (Fsp3) is 0.211. The van der Waals surface area contributed by atoms with Crippen LogP contribution in [-0.4, -0.2) is 28.1 Å². The van der Waals surface area contributed by atoms with Crippen molar-refractivity contribution in [3.63, 3.8) is 0 Å². The number of benzene rings is 1. The Morgan fingerprint density at radius 2 is 2.15 bits per heavy atom. The largest absolute Gasteiger partial charge is 0.459 e. The summed E-state index contributed by atoms with van der Waals surface area (Å²) in [7, 11) is 0. The highest BCUT2D eigenvalue weighted by Gasteiger charge is 2.29. The fourth-order valence-corrected chi connectivity index (χ4v) is 3.34. The molecule has 1 aliphatic rings. The lowest BCUT2D eigenvalue weighted by Crippen LogP contribution is -2.36. The SMILES string of the molecule is CC(=O)N1CCC(n2cccn2)c2cc(NC(=O)c3ccco3)ccc21. The minimum Gasteiger partial charge on any atom is -0.459 e. The van der Waals surface area contributed by atoms with Gasteiger partial charge in [0.2, 0.25) is 5.91 Å². The number of anilines is 2. The highest BCUT2D eigenvalue weighted by molar-refractivity contribution is 6.02. The summed E-state index contributed by atoms with van der Waals surface area (Å²) in [4.78, 5) is 26.0. The Morgan fingerprint density at radius 3 is 2.85 bits per heavy atom. The third-order valence-electron chi connectivity index (χ3n) is 4.53. The van der Waals surface area contributed by atoms with Gasteiger partial charge in [-0.2, -0.15) is 5.10 Å². The van der Waals surface area contributed by atoms with Gasteiger partial charge in [-0.25, -0.2) is 0 Å². The highest BCUT2D eigenvalue weighted by Crippen LogP contribution is 2.37. The lowest BCUT2D eigenvalue weighted by Gasteiger charge is -2.34. The van der Waals surface area contributed by atoms with Gasteiger partial charge in [0.25, 0.3) is 5.91 Å². The standard InChI is InChI=1S/C19H18N4O3/c1-13(24)22-10-7-17(23-9-3-8-20-23)15-12-14(5-6-16(15)22)21-19(25)18-4-2-11-26-18/h2-6,8-9,11-12,17H,7,10H2,1H3,(H,21,25). The van der Waals surface area contributed by atoms with E-state index in [0.29, 0.717) is 12.2 Å². The van der Waals surface area contributed by atoms with Crippen LogP contribution in [0.4, 0.5) is 11.4 Å². The van der Waals surface area contributed by atoms with Gasteiger partial charge < -0.3 is 14.6 Å². The lowest BCUT2D eigenvalue weighted by atomic mass is 9.95. The first-order valence-corrected chi connectivity index (χ1v) is 8.39. The van der Waals surface area contributed by atoms with E-state index in [0.717, 1.165) is 17.7 Å². The molecule has 0 spiro atoms. The zero-order chi connectivity index (χ0) is 18.1.